The molecule has 0 atom stereocenters. The van der Waals surface area contributed by atoms with Crippen molar-refractivity contribution in [2.75, 3.05) is 18.6 Å². The Morgan fingerprint density at radius 1 is 1.26 bits per heavy atom. The van der Waals surface area contributed by atoms with Crippen LogP contribution in [0.25, 0.3) is 0 Å². The van der Waals surface area contributed by atoms with Crippen molar-refractivity contribution in [3.05, 3.63) is 26.6 Å². The predicted molar refractivity (Wildman–Crippen MR) is 92.3 cm³/mol. The Labute approximate surface area is 137 Å². The van der Waals surface area contributed by atoms with Gasteiger partial charge in [0.15, 0.2) is 0 Å². The zero-order valence-electron chi connectivity index (χ0n) is 11.6. The Hall–Kier alpha value is 0.290. The van der Waals surface area contributed by atoms with Gasteiger partial charge in [-0.25, -0.2) is 0 Å². The molecule has 108 valence electrons. The highest BCUT2D eigenvalue weighted by molar-refractivity contribution is 9.11. The molecule has 0 aliphatic carbocycles. The second-order valence-corrected chi connectivity index (χ2v) is 7.31. The third-order valence-corrected chi connectivity index (χ3v) is 4.39. The first-order valence-electron chi connectivity index (χ1n) is 6.37. The van der Waals surface area contributed by atoms with Gasteiger partial charge in [-0.15, -0.1) is 0 Å². The van der Waals surface area contributed by atoms with Crippen molar-refractivity contribution in [1.29, 1.82) is 0 Å². The number of hydrogen-bond acceptors (Lipinski definition) is 3. The number of thioether (sulfide) groups is 1. The van der Waals surface area contributed by atoms with E-state index in [0.717, 1.165) is 40.0 Å². The van der Waals surface area contributed by atoms with Gasteiger partial charge in [0.05, 0.1) is 15.6 Å². The molecule has 0 bridgehead atoms. The van der Waals surface area contributed by atoms with Gasteiger partial charge in [-0.3, -0.25) is 0 Å². The lowest BCUT2D eigenvalue weighted by molar-refractivity contribution is 0.314. The first-order chi connectivity index (χ1) is 9.04. The lowest BCUT2D eigenvalue weighted by Gasteiger charge is -2.13. The van der Waals surface area contributed by atoms with Crippen molar-refractivity contribution >= 4 is 43.6 Å². The fraction of sp³-hybridized carbons (Fsp3) is 0.571. The normalized spacial score (nSPS) is 11.1. The van der Waals surface area contributed by atoms with E-state index in [4.69, 9.17) is 4.74 Å². The molecule has 0 saturated heterocycles. The maximum absolute atomic E-state index is 5.82. The Morgan fingerprint density at radius 2 is 1.89 bits per heavy atom. The molecule has 19 heavy (non-hydrogen) atoms. The maximum Gasteiger partial charge on any atom is 0.147 e. The first kappa shape index (κ1) is 17.3. The number of hydrogen-bond donors (Lipinski definition) is 1. The van der Waals surface area contributed by atoms with Crippen LogP contribution in [0.4, 0.5) is 0 Å². The minimum atomic E-state index is 0.486. The number of benzene rings is 1. The highest BCUT2D eigenvalue weighted by Gasteiger charge is 2.09. The number of rotatable bonds is 8. The molecule has 2 nitrogen and oxygen atoms in total. The van der Waals surface area contributed by atoms with E-state index in [1.807, 2.05) is 11.8 Å². The summed E-state index contributed by atoms with van der Waals surface area (Å²) in [6, 6.07) is 4.72. The second kappa shape index (κ2) is 9.27. The van der Waals surface area contributed by atoms with Crippen LogP contribution in [0.5, 0.6) is 5.75 Å². The standard InChI is InChI=1S/C14H21Br2NOS/c1-10(2)17-9-11-7-12(15)14(13(16)8-11)18-5-4-6-19-3/h7-8,10,17H,4-6,9H2,1-3H3. The summed E-state index contributed by atoms with van der Waals surface area (Å²) in [5.74, 6) is 2.03. The van der Waals surface area contributed by atoms with Crippen molar-refractivity contribution in [2.24, 2.45) is 0 Å². The SMILES string of the molecule is CSCCCOc1c(Br)cc(CNC(C)C)cc1Br. The average molecular weight is 411 g/mol. The molecular weight excluding hydrogens is 390 g/mol. The fourth-order valence-electron chi connectivity index (χ4n) is 1.55. The average Bonchev–Trinajstić information content (AvgIpc) is 2.34. The lowest BCUT2D eigenvalue weighted by atomic mass is 10.2. The van der Waals surface area contributed by atoms with Crippen LogP contribution in [-0.4, -0.2) is 24.7 Å². The highest BCUT2D eigenvalue weighted by atomic mass is 79.9. The summed E-state index contributed by atoms with van der Waals surface area (Å²) in [4.78, 5) is 0. The van der Waals surface area contributed by atoms with Gasteiger partial charge in [-0.2, -0.15) is 11.8 Å². The van der Waals surface area contributed by atoms with Gasteiger partial charge in [0.2, 0.25) is 0 Å². The van der Waals surface area contributed by atoms with Crippen molar-refractivity contribution in [1.82, 2.24) is 5.32 Å². The van der Waals surface area contributed by atoms with Crippen molar-refractivity contribution in [3.63, 3.8) is 0 Å². The molecule has 0 spiro atoms. The van der Waals surface area contributed by atoms with E-state index >= 15 is 0 Å². The van der Waals surface area contributed by atoms with Crippen LogP contribution in [0.2, 0.25) is 0 Å². The van der Waals surface area contributed by atoms with Gasteiger partial charge in [0, 0.05) is 12.6 Å². The number of nitrogens with one attached hydrogen (secondary N) is 1. The van der Waals surface area contributed by atoms with E-state index in [9.17, 15) is 0 Å². The molecule has 1 aromatic carbocycles. The van der Waals surface area contributed by atoms with Gasteiger partial charge in [-0.1, -0.05) is 13.8 Å². The van der Waals surface area contributed by atoms with Crippen LogP contribution < -0.4 is 10.1 Å². The fourth-order valence-corrected chi connectivity index (χ4v) is 3.47. The Kier molecular flexibility index (Phi) is 8.46. The van der Waals surface area contributed by atoms with Crippen molar-refractivity contribution < 1.29 is 4.74 Å². The molecule has 0 saturated carbocycles. The molecule has 1 aromatic rings. The van der Waals surface area contributed by atoms with E-state index < -0.39 is 0 Å². The molecular formula is C14H21Br2NOS. The van der Waals surface area contributed by atoms with Gasteiger partial charge in [-0.05, 0) is 68.0 Å². The molecule has 0 amide bonds. The van der Waals surface area contributed by atoms with E-state index in [0.29, 0.717) is 6.04 Å². The van der Waals surface area contributed by atoms with Gasteiger partial charge < -0.3 is 10.1 Å². The van der Waals surface area contributed by atoms with Crippen LogP contribution in [0.3, 0.4) is 0 Å². The minimum absolute atomic E-state index is 0.486. The molecule has 0 radical (unpaired) electrons. The molecule has 0 aromatic heterocycles. The smallest absolute Gasteiger partial charge is 0.147 e. The summed E-state index contributed by atoms with van der Waals surface area (Å²) >= 11 is 9.02. The summed E-state index contributed by atoms with van der Waals surface area (Å²) in [7, 11) is 0. The zero-order valence-corrected chi connectivity index (χ0v) is 15.6. The predicted octanol–water partition coefficient (Wildman–Crippen LogP) is 4.84. The quantitative estimate of drug-likeness (QED) is 0.619. The third-order valence-electron chi connectivity index (χ3n) is 2.51. The van der Waals surface area contributed by atoms with Crippen molar-refractivity contribution in [2.45, 2.75) is 32.9 Å². The molecule has 0 aliphatic rings. The van der Waals surface area contributed by atoms with Gasteiger partial charge in [0.25, 0.3) is 0 Å². The Bertz CT molecular complexity index is 376. The molecule has 5 heteroatoms. The molecule has 0 heterocycles. The van der Waals surface area contributed by atoms with E-state index in [2.05, 4.69) is 69.4 Å². The van der Waals surface area contributed by atoms with Crippen LogP contribution in [0, 0.1) is 0 Å². The van der Waals surface area contributed by atoms with Crippen LogP contribution in [0.1, 0.15) is 25.8 Å². The topological polar surface area (TPSA) is 21.3 Å². The molecule has 0 fully saturated rings. The number of halogens is 2. The van der Waals surface area contributed by atoms with E-state index in [1.54, 1.807) is 0 Å². The zero-order chi connectivity index (χ0) is 14.3. The summed E-state index contributed by atoms with van der Waals surface area (Å²) in [5, 5.41) is 3.41. The van der Waals surface area contributed by atoms with Crippen LogP contribution in [-0.2, 0) is 6.54 Å². The molecule has 0 aliphatic heterocycles. The Balaban J connectivity index is 2.63. The van der Waals surface area contributed by atoms with Gasteiger partial charge >= 0.3 is 0 Å². The minimum Gasteiger partial charge on any atom is -0.491 e. The third kappa shape index (κ3) is 6.52. The van der Waals surface area contributed by atoms with Crippen molar-refractivity contribution in [3.8, 4) is 5.75 Å². The second-order valence-electron chi connectivity index (χ2n) is 4.62. The van der Waals surface area contributed by atoms with Gasteiger partial charge in [0.1, 0.15) is 5.75 Å². The molecule has 1 N–H and O–H groups in total. The summed E-state index contributed by atoms with van der Waals surface area (Å²) < 4.78 is 7.83. The lowest BCUT2D eigenvalue weighted by Crippen LogP contribution is -2.21. The first-order valence-corrected chi connectivity index (χ1v) is 9.35. The summed E-state index contributed by atoms with van der Waals surface area (Å²) in [5.41, 5.74) is 1.24. The summed E-state index contributed by atoms with van der Waals surface area (Å²) in [6.07, 6.45) is 3.18. The molecule has 0 unspecified atom stereocenters. The highest BCUT2D eigenvalue weighted by Crippen LogP contribution is 2.35. The van der Waals surface area contributed by atoms with Crippen LogP contribution >= 0.6 is 43.6 Å². The van der Waals surface area contributed by atoms with E-state index in [1.165, 1.54) is 5.56 Å². The number of ether oxygens (including phenoxy) is 1. The summed E-state index contributed by atoms with van der Waals surface area (Å²) in [6.45, 7) is 5.91. The Morgan fingerprint density at radius 3 is 2.42 bits per heavy atom. The van der Waals surface area contributed by atoms with Crippen LogP contribution in [0.15, 0.2) is 21.1 Å². The largest absolute Gasteiger partial charge is 0.491 e. The monoisotopic (exact) mass is 409 g/mol. The molecule has 1 rings (SSSR count). The van der Waals surface area contributed by atoms with E-state index in [-0.39, 0.29) is 0 Å². The maximum atomic E-state index is 5.82.